The van der Waals surface area contributed by atoms with Crippen LogP contribution in [0.1, 0.15) is 81.6 Å². The molecule has 3 aliphatic heterocycles. The maximum absolute atomic E-state index is 13.2. The molecular weight excluding hydrogens is 1000 g/mol. The largest absolute Gasteiger partial charge is 0.573 e. The Labute approximate surface area is 435 Å². The maximum Gasteiger partial charge on any atom is 0.573 e. The number of aryl methyl sites for hydroxylation is 1. The molecule has 1 unspecified atom stereocenters. The third-order valence-electron chi connectivity index (χ3n) is 12.4. The van der Waals surface area contributed by atoms with E-state index in [-0.39, 0.29) is 78.5 Å². The molecule has 0 radical (unpaired) electrons. The van der Waals surface area contributed by atoms with E-state index >= 15 is 0 Å². The first kappa shape index (κ1) is 56.3. The zero-order chi connectivity index (χ0) is 54.0. The third-order valence-corrected chi connectivity index (χ3v) is 12.4. The highest BCUT2D eigenvalue weighted by atomic mass is 19.4. The van der Waals surface area contributed by atoms with E-state index < -0.39 is 41.9 Å². The summed E-state index contributed by atoms with van der Waals surface area (Å²) >= 11 is 0. The number of aromatic nitrogens is 3. The molecule has 76 heavy (non-hydrogen) atoms. The number of imidazole rings is 1. The number of halogens is 3. The molecule has 7 amide bonds. The Morgan fingerprint density at radius 1 is 0.816 bits per heavy atom. The number of imide groups is 2. The predicted molar refractivity (Wildman–Crippen MR) is 263 cm³/mol. The summed E-state index contributed by atoms with van der Waals surface area (Å²) < 4.78 is 71.4. The molecular formula is C51H60F3N9O13. The highest BCUT2D eigenvalue weighted by molar-refractivity contribution is 6.25. The van der Waals surface area contributed by atoms with Crippen LogP contribution in [0.5, 0.6) is 11.6 Å². The first-order valence-corrected chi connectivity index (χ1v) is 24.9. The van der Waals surface area contributed by atoms with Gasteiger partial charge in [-0.05, 0) is 55.2 Å². The normalized spacial score (nSPS) is 15.9. The van der Waals surface area contributed by atoms with Crippen molar-refractivity contribution in [2.45, 2.75) is 76.4 Å². The summed E-state index contributed by atoms with van der Waals surface area (Å²) in [5, 5.41) is 8.20. The number of benzene rings is 2. The number of hydrogen-bond donors (Lipinski definition) is 4. The van der Waals surface area contributed by atoms with Gasteiger partial charge in [0.05, 0.1) is 82.4 Å². The smallest absolute Gasteiger partial charge is 0.474 e. The molecule has 0 spiro atoms. The Hall–Kier alpha value is -7.48. The van der Waals surface area contributed by atoms with Crippen molar-refractivity contribution < 1.29 is 75.2 Å². The lowest BCUT2D eigenvalue weighted by molar-refractivity contribution is -0.274. The van der Waals surface area contributed by atoms with Crippen LogP contribution in [0.4, 0.5) is 18.9 Å². The highest BCUT2D eigenvalue weighted by Gasteiger charge is 2.45. The number of anilines is 1. The third kappa shape index (κ3) is 16.3. The summed E-state index contributed by atoms with van der Waals surface area (Å²) in [7, 11) is 0. The lowest BCUT2D eigenvalue weighted by Gasteiger charge is -2.32. The number of piperidine rings is 2. The van der Waals surface area contributed by atoms with Crippen molar-refractivity contribution in [2.24, 2.45) is 5.73 Å². The number of ether oxygens (including phenoxy) is 6. The fourth-order valence-electron chi connectivity index (χ4n) is 8.55. The summed E-state index contributed by atoms with van der Waals surface area (Å²) in [5.41, 5.74) is 8.31. The second kappa shape index (κ2) is 27.3. The van der Waals surface area contributed by atoms with Gasteiger partial charge in [0, 0.05) is 82.1 Å². The van der Waals surface area contributed by atoms with Gasteiger partial charge < -0.3 is 54.3 Å². The number of nitrogens with two attached hydrogens (primary N) is 1. The van der Waals surface area contributed by atoms with Crippen LogP contribution in [0.15, 0.2) is 67.3 Å². The molecule has 2 aromatic carbocycles. The molecule has 22 nitrogen and oxygen atoms in total. The number of unbranched alkanes of at least 4 members (excludes halogenated alkanes) is 1. The predicted octanol–water partition coefficient (Wildman–Crippen LogP) is 3.42. The minimum Gasteiger partial charge on any atom is -0.474 e. The van der Waals surface area contributed by atoms with Crippen LogP contribution in [0.25, 0.3) is 11.3 Å². The molecule has 3 aliphatic rings. The van der Waals surface area contributed by atoms with Gasteiger partial charge in [-0.25, -0.2) is 9.97 Å². The van der Waals surface area contributed by atoms with Crippen LogP contribution in [-0.2, 0) is 51.1 Å². The number of nitrogens with zero attached hydrogens (tertiary/aromatic N) is 5. The number of nitrogens with one attached hydrogen (secondary N) is 3. The van der Waals surface area contributed by atoms with E-state index in [1.165, 1.54) is 30.3 Å². The molecule has 5 heterocycles. The zero-order valence-corrected chi connectivity index (χ0v) is 41.6. The van der Waals surface area contributed by atoms with Gasteiger partial charge in [0.2, 0.25) is 29.5 Å². The summed E-state index contributed by atoms with van der Waals surface area (Å²) in [6.07, 6.45) is 2.65. The van der Waals surface area contributed by atoms with Gasteiger partial charge in [-0.15, -0.1) is 13.2 Å². The lowest BCUT2D eigenvalue weighted by Crippen LogP contribution is -2.54. The first-order chi connectivity index (χ1) is 36.6. The average Bonchev–Trinajstić information content (AvgIpc) is 3.98. The van der Waals surface area contributed by atoms with E-state index in [0.717, 1.165) is 17.7 Å². The second-order valence-electron chi connectivity index (χ2n) is 17.9. The van der Waals surface area contributed by atoms with Gasteiger partial charge in [-0.1, -0.05) is 18.2 Å². The zero-order valence-electron chi connectivity index (χ0n) is 41.6. The number of rotatable bonds is 29. The van der Waals surface area contributed by atoms with E-state index in [4.69, 9.17) is 29.4 Å². The Bertz CT molecular complexity index is 2680. The van der Waals surface area contributed by atoms with Crippen LogP contribution in [-0.4, -0.2) is 163 Å². The van der Waals surface area contributed by atoms with Crippen LogP contribution in [0.3, 0.4) is 0 Å². The number of amides is 7. The van der Waals surface area contributed by atoms with Gasteiger partial charge in [-0.2, -0.15) is 0 Å². The Kier molecular flexibility index (Phi) is 20.2. The molecule has 1 atom stereocenters. The van der Waals surface area contributed by atoms with Gasteiger partial charge in [0.25, 0.3) is 17.7 Å². The number of carbonyl (C=O) groups excluding carboxylic acids is 7. The molecule has 5 N–H and O–H groups in total. The van der Waals surface area contributed by atoms with Crippen molar-refractivity contribution >= 4 is 47.0 Å². The monoisotopic (exact) mass is 1060 g/mol. The lowest BCUT2D eigenvalue weighted by atomic mass is 10.0. The molecule has 0 aliphatic carbocycles. The van der Waals surface area contributed by atoms with E-state index in [2.05, 4.69) is 30.7 Å². The fourth-order valence-corrected chi connectivity index (χ4v) is 8.55. The van der Waals surface area contributed by atoms with Gasteiger partial charge in [-0.3, -0.25) is 43.8 Å². The van der Waals surface area contributed by atoms with Crippen molar-refractivity contribution in [3.63, 3.8) is 0 Å². The summed E-state index contributed by atoms with van der Waals surface area (Å²) in [6.45, 7) is 4.78. The summed E-state index contributed by atoms with van der Waals surface area (Å²) in [6, 6.07) is 10.6. The number of primary amides is 1. The van der Waals surface area contributed by atoms with Crippen LogP contribution >= 0.6 is 0 Å². The molecule has 25 heteroatoms. The SMILES string of the molecule is NC(=O)c1cc(-c2cn(CCCCNC(=O)CCOCCOCCOCCOCCNc3cccc4c3C(=O)N(C3CCC(=O)NC3=O)C4=O)cn2)cnc1OC1CCN(C(=O)Cc2ccc(OC(F)(F)F)cc2)CC1. The number of pyridine rings is 1. The quantitative estimate of drug-likeness (QED) is 0.0448. The summed E-state index contributed by atoms with van der Waals surface area (Å²) in [4.78, 5) is 99.2. The van der Waals surface area contributed by atoms with Gasteiger partial charge in [0.1, 0.15) is 23.5 Å². The van der Waals surface area contributed by atoms with E-state index in [9.17, 15) is 46.7 Å². The van der Waals surface area contributed by atoms with Crippen molar-refractivity contribution in [2.75, 3.05) is 84.4 Å². The van der Waals surface area contributed by atoms with Crippen LogP contribution in [0, 0.1) is 0 Å². The van der Waals surface area contributed by atoms with Crippen molar-refractivity contribution in [1.82, 2.24) is 35.0 Å². The Morgan fingerprint density at radius 2 is 1.51 bits per heavy atom. The van der Waals surface area contributed by atoms with Crippen molar-refractivity contribution in [3.05, 3.63) is 89.5 Å². The number of alkyl halides is 3. The maximum atomic E-state index is 13.2. The minimum atomic E-state index is -4.80. The molecule has 2 fully saturated rings. The fraction of sp³-hybridized carbons (Fsp3) is 0.471. The first-order valence-electron chi connectivity index (χ1n) is 24.9. The van der Waals surface area contributed by atoms with E-state index in [0.29, 0.717) is 114 Å². The van der Waals surface area contributed by atoms with Crippen LogP contribution in [0.2, 0.25) is 0 Å². The van der Waals surface area contributed by atoms with Crippen molar-refractivity contribution in [1.29, 1.82) is 0 Å². The molecule has 408 valence electrons. The molecule has 2 aromatic heterocycles. The van der Waals surface area contributed by atoms with Crippen LogP contribution < -0.4 is 31.2 Å². The molecule has 0 bridgehead atoms. The standard InChI is InChI=1S/C51H60F3N9O13/c52-51(53,54)76-36-8-6-33(7-9-36)28-44(66)62-18-12-35(13-19-62)75-48-38(46(55)67)29-34(30-58-48)40-31-61(32-59-40)17-2-1-15-57-42(64)14-20-71-22-24-73-26-27-74-25-23-72-21-16-56-39-5-3-4-37-45(39)50(70)63(49(37)69)41-10-11-43(65)60-47(41)68/h3-9,29-32,35,41,56H,1-2,10-28H2,(H2,55,67)(H,57,64)(H,60,65,68). The van der Waals surface area contributed by atoms with Crippen molar-refractivity contribution in [3.8, 4) is 22.9 Å². The average molecular weight is 1060 g/mol. The number of carbonyl (C=O) groups is 7. The van der Waals surface area contributed by atoms with Gasteiger partial charge in [0.15, 0.2) is 0 Å². The molecule has 0 saturated carbocycles. The van der Waals surface area contributed by atoms with E-state index in [1.807, 2.05) is 10.8 Å². The molecule has 4 aromatic rings. The Morgan fingerprint density at radius 3 is 2.20 bits per heavy atom. The number of hydrogen-bond acceptors (Lipinski definition) is 16. The molecule has 2 saturated heterocycles. The molecule has 7 rings (SSSR count). The summed E-state index contributed by atoms with van der Waals surface area (Å²) in [5.74, 6) is -3.58. The minimum absolute atomic E-state index is 0.0148. The van der Waals surface area contributed by atoms with E-state index in [1.54, 1.807) is 35.6 Å². The second-order valence-corrected chi connectivity index (χ2v) is 17.9. The highest BCUT2D eigenvalue weighted by Crippen LogP contribution is 2.33. The number of fused-ring (bicyclic) bond motifs is 1. The van der Waals surface area contributed by atoms with Gasteiger partial charge >= 0.3 is 6.36 Å². The number of likely N-dealkylation sites (tertiary alicyclic amines) is 1. The Balaban J connectivity index is 0.674. The topological polar surface area (TPSA) is 274 Å².